The third-order valence-corrected chi connectivity index (χ3v) is 6.21. The van der Waals surface area contributed by atoms with Crippen LogP contribution in [-0.2, 0) is 10.0 Å². The van der Waals surface area contributed by atoms with Gasteiger partial charge < -0.3 is 4.90 Å². The van der Waals surface area contributed by atoms with Crippen LogP contribution in [0, 0.1) is 19.8 Å². The van der Waals surface area contributed by atoms with Crippen molar-refractivity contribution >= 4 is 21.7 Å². The van der Waals surface area contributed by atoms with Crippen molar-refractivity contribution in [2.75, 3.05) is 13.1 Å². The van der Waals surface area contributed by atoms with E-state index < -0.39 is 10.0 Å². The standard InChI is InChI=1S/C20H23N3O4S/c1-13-10-16(11-18(14(13)2)28(21,26)27)20(25)23-9-5-6-15(12-23)19(24)17-7-3-4-8-22-17/h3-4,7-8,10-11,15H,5-6,9,12H2,1-2H3,(H2,21,26,27). The lowest BCUT2D eigenvalue weighted by Crippen LogP contribution is -2.42. The van der Waals surface area contributed by atoms with Crippen LogP contribution in [0.1, 0.15) is 44.8 Å². The van der Waals surface area contributed by atoms with Gasteiger partial charge in [-0.2, -0.15) is 0 Å². The second kappa shape index (κ2) is 7.81. The molecule has 148 valence electrons. The molecule has 0 aliphatic carbocycles. The monoisotopic (exact) mass is 401 g/mol. The van der Waals surface area contributed by atoms with Gasteiger partial charge in [-0.1, -0.05) is 6.07 Å². The molecule has 1 amide bonds. The minimum atomic E-state index is -3.94. The Morgan fingerprint density at radius 2 is 1.96 bits per heavy atom. The van der Waals surface area contributed by atoms with E-state index in [4.69, 9.17) is 5.14 Å². The van der Waals surface area contributed by atoms with Crippen LogP contribution >= 0.6 is 0 Å². The summed E-state index contributed by atoms with van der Waals surface area (Å²) in [5, 5.41) is 5.30. The summed E-state index contributed by atoms with van der Waals surface area (Å²) < 4.78 is 23.7. The number of aromatic nitrogens is 1. The highest BCUT2D eigenvalue weighted by atomic mass is 32.2. The fraction of sp³-hybridized carbons (Fsp3) is 0.350. The van der Waals surface area contributed by atoms with E-state index in [0.29, 0.717) is 36.2 Å². The molecule has 2 N–H and O–H groups in total. The summed E-state index contributed by atoms with van der Waals surface area (Å²) in [6.07, 6.45) is 2.96. The van der Waals surface area contributed by atoms with E-state index in [-0.39, 0.29) is 34.6 Å². The number of amides is 1. The Morgan fingerprint density at radius 3 is 2.61 bits per heavy atom. The number of carbonyl (C=O) groups is 2. The molecule has 2 heterocycles. The van der Waals surface area contributed by atoms with Gasteiger partial charge in [-0.15, -0.1) is 0 Å². The summed E-state index contributed by atoms with van der Waals surface area (Å²) in [6, 6.07) is 8.16. The Bertz CT molecular complexity index is 1020. The van der Waals surface area contributed by atoms with E-state index in [1.807, 2.05) is 0 Å². The van der Waals surface area contributed by atoms with Crippen molar-refractivity contribution in [2.24, 2.45) is 11.1 Å². The van der Waals surface area contributed by atoms with E-state index in [2.05, 4.69) is 4.98 Å². The van der Waals surface area contributed by atoms with Crippen LogP contribution in [0.25, 0.3) is 0 Å². The minimum Gasteiger partial charge on any atom is -0.338 e. The second-order valence-corrected chi connectivity index (χ2v) is 8.66. The molecule has 0 bridgehead atoms. The molecule has 1 aliphatic heterocycles. The Hall–Kier alpha value is -2.58. The first kappa shape index (κ1) is 20.2. The molecule has 0 saturated carbocycles. The number of Topliss-reactive ketones (excluding diaryl/α,β-unsaturated/α-hetero) is 1. The molecule has 1 aromatic heterocycles. The normalized spacial score (nSPS) is 17.4. The highest BCUT2D eigenvalue weighted by Gasteiger charge is 2.30. The lowest BCUT2D eigenvalue weighted by Gasteiger charge is -2.32. The maximum absolute atomic E-state index is 13.0. The zero-order valence-electron chi connectivity index (χ0n) is 15.9. The van der Waals surface area contributed by atoms with Crippen molar-refractivity contribution in [3.8, 4) is 0 Å². The highest BCUT2D eigenvalue weighted by molar-refractivity contribution is 7.89. The molecule has 1 saturated heterocycles. The molecular formula is C20H23N3O4S. The minimum absolute atomic E-state index is 0.0472. The number of hydrogen-bond donors (Lipinski definition) is 1. The van der Waals surface area contributed by atoms with Crippen molar-refractivity contribution in [3.05, 3.63) is 58.9 Å². The van der Waals surface area contributed by atoms with Gasteiger partial charge in [0.15, 0.2) is 5.78 Å². The van der Waals surface area contributed by atoms with Gasteiger partial charge in [-0.05, 0) is 62.1 Å². The van der Waals surface area contributed by atoms with Crippen molar-refractivity contribution in [1.29, 1.82) is 0 Å². The summed E-state index contributed by atoms with van der Waals surface area (Å²) in [5.74, 6) is -0.702. The number of likely N-dealkylation sites (tertiary alicyclic amines) is 1. The second-order valence-electron chi connectivity index (χ2n) is 7.13. The molecule has 7 nitrogen and oxygen atoms in total. The molecule has 1 fully saturated rings. The first-order chi connectivity index (χ1) is 13.2. The maximum Gasteiger partial charge on any atom is 0.253 e. The molecule has 28 heavy (non-hydrogen) atoms. The van der Waals surface area contributed by atoms with Gasteiger partial charge in [-0.25, -0.2) is 13.6 Å². The number of benzene rings is 1. The quantitative estimate of drug-likeness (QED) is 0.789. The number of hydrogen-bond acceptors (Lipinski definition) is 5. The van der Waals surface area contributed by atoms with Gasteiger partial charge in [0.2, 0.25) is 10.0 Å². The fourth-order valence-corrected chi connectivity index (χ4v) is 4.40. The maximum atomic E-state index is 13.0. The predicted molar refractivity (Wildman–Crippen MR) is 104 cm³/mol. The molecule has 1 atom stereocenters. The topological polar surface area (TPSA) is 110 Å². The van der Waals surface area contributed by atoms with E-state index in [1.165, 1.54) is 6.07 Å². The molecule has 1 aliphatic rings. The van der Waals surface area contributed by atoms with Gasteiger partial charge >= 0.3 is 0 Å². The molecule has 0 spiro atoms. The van der Waals surface area contributed by atoms with Gasteiger partial charge in [0.05, 0.1) is 4.90 Å². The molecule has 3 rings (SSSR count). The third kappa shape index (κ3) is 4.13. The van der Waals surface area contributed by atoms with E-state index >= 15 is 0 Å². The van der Waals surface area contributed by atoms with Crippen LogP contribution in [-0.4, -0.2) is 43.1 Å². The summed E-state index contributed by atoms with van der Waals surface area (Å²) in [6.45, 7) is 4.20. The van der Waals surface area contributed by atoms with Crippen molar-refractivity contribution in [1.82, 2.24) is 9.88 Å². The molecule has 8 heteroatoms. The SMILES string of the molecule is Cc1cc(C(=O)N2CCCC(C(=O)c3ccccn3)C2)cc(S(N)(=O)=O)c1C. The molecular weight excluding hydrogens is 378 g/mol. The number of ketones is 1. The first-order valence-electron chi connectivity index (χ1n) is 9.07. The van der Waals surface area contributed by atoms with Crippen LogP contribution in [0.4, 0.5) is 0 Å². The number of pyridine rings is 1. The number of rotatable bonds is 4. The van der Waals surface area contributed by atoms with Crippen LogP contribution in [0.15, 0.2) is 41.4 Å². The number of carbonyl (C=O) groups excluding carboxylic acids is 2. The van der Waals surface area contributed by atoms with Crippen molar-refractivity contribution in [3.63, 3.8) is 0 Å². The molecule has 1 aromatic carbocycles. The Balaban J connectivity index is 1.85. The number of piperidine rings is 1. The number of sulfonamides is 1. The molecule has 0 radical (unpaired) electrons. The fourth-order valence-electron chi connectivity index (χ4n) is 3.52. The smallest absolute Gasteiger partial charge is 0.253 e. The highest BCUT2D eigenvalue weighted by Crippen LogP contribution is 2.25. The lowest BCUT2D eigenvalue weighted by molar-refractivity contribution is 0.0635. The van der Waals surface area contributed by atoms with Gasteiger partial charge in [0.1, 0.15) is 5.69 Å². The van der Waals surface area contributed by atoms with Crippen molar-refractivity contribution in [2.45, 2.75) is 31.6 Å². The van der Waals surface area contributed by atoms with Crippen LogP contribution in [0.3, 0.4) is 0 Å². The lowest BCUT2D eigenvalue weighted by atomic mass is 9.91. The Kier molecular flexibility index (Phi) is 5.62. The van der Waals surface area contributed by atoms with Crippen LogP contribution < -0.4 is 5.14 Å². The number of nitrogens with zero attached hydrogens (tertiary/aromatic N) is 2. The molecule has 1 unspecified atom stereocenters. The average Bonchev–Trinajstić information content (AvgIpc) is 2.68. The zero-order valence-corrected chi connectivity index (χ0v) is 16.7. The first-order valence-corrected chi connectivity index (χ1v) is 10.6. The Morgan fingerprint density at radius 1 is 1.21 bits per heavy atom. The summed E-state index contributed by atoms with van der Waals surface area (Å²) >= 11 is 0. The predicted octanol–water partition coefficient (Wildman–Crippen LogP) is 2.08. The summed E-state index contributed by atoms with van der Waals surface area (Å²) in [7, 11) is -3.94. The third-order valence-electron chi connectivity index (χ3n) is 5.17. The molecule has 2 aromatic rings. The van der Waals surface area contributed by atoms with E-state index in [0.717, 1.165) is 0 Å². The van der Waals surface area contributed by atoms with E-state index in [9.17, 15) is 18.0 Å². The number of nitrogens with two attached hydrogens (primary N) is 1. The van der Waals surface area contributed by atoms with Crippen molar-refractivity contribution < 1.29 is 18.0 Å². The van der Waals surface area contributed by atoms with Crippen LogP contribution in [0.2, 0.25) is 0 Å². The average molecular weight is 401 g/mol. The largest absolute Gasteiger partial charge is 0.338 e. The zero-order chi connectivity index (χ0) is 20.5. The number of aryl methyl sites for hydroxylation is 1. The number of primary sulfonamides is 1. The van der Waals surface area contributed by atoms with Crippen LogP contribution in [0.5, 0.6) is 0 Å². The van der Waals surface area contributed by atoms with Gasteiger partial charge in [0, 0.05) is 30.8 Å². The van der Waals surface area contributed by atoms with Gasteiger partial charge in [-0.3, -0.25) is 14.6 Å². The Labute approximate surface area is 164 Å². The summed E-state index contributed by atoms with van der Waals surface area (Å²) in [5.41, 5.74) is 1.86. The van der Waals surface area contributed by atoms with E-state index in [1.54, 1.807) is 49.2 Å². The van der Waals surface area contributed by atoms with Gasteiger partial charge in [0.25, 0.3) is 5.91 Å². The summed E-state index contributed by atoms with van der Waals surface area (Å²) in [4.78, 5) is 31.4.